The zero-order chi connectivity index (χ0) is 14.4. The van der Waals surface area contributed by atoms with Crippen LogP contribution in [0.5, 0.6) is 0 Å². The number of piperidine rings is 1. The van der Waals surface area contributed by atoms with E-state index in [0.29, 0.717) is 31.6 Å². The molecule has 20 heavy (non-hydrogen) atoms. The molecule has 2 aliphatic heterocycles. The minimum absolute atomic E-state index is 0.0882. The molecule has 2 saturated heterocycles. The lowest BCUT2D eigenvalue weighted by molar-refractivity contribution is -0.165. The van der Waals surface area contributed by atoms with Crippen LogP contribution < -0.4 is 10.6 Å². The number of hydrogen-bond donors (Lipinski definition) is 1. The molecule has 0 aliphatic carbocycles. The van der Waals surface area contributed by atoms with Gasteiger partial charge in [-0.3, -0.25) is 0 Å². The third-order valence-corrected chi connectivity index (χ3v) is 3.62. The lowest BCUT2D eigenvalue weighted by Crippen LogP contribution is -2.52. The van der Waals surface area contributed by atoms with Crippen molar-refractivity contribution in [1.82, 2.24) is 9.97 Å². The molecule has 0 aromatic carbocycles. The normalized spacial score (nSPS) is 21.2. The molecule has 0 radical (unpaired) electrons. The second kappa shape index (κ2) is 6.85. The van der Waals surface area contributed by atoms with Crippen molar-refractivity contribution >= 4 is 11.8 Å². The van der Waals surface area contributed by atoms with Crippen LogP contribution in [-0.2, 0) is 9.47 Å². The number of nitrogens with zero attached hydrogens (tertiary/aromatic N) is 3. The Bertz CT molecular complexity index is 411. The van der Waals surface area contributed by atoms with Crippen LogP contribution in [0.1, 0.15) is 26.7 Å². The van der Waals surface area contributed by atoms with Gasteiger partial charge in [-0.2, -0.15) is 4.98 Å². The van der Waals surface area contributed by atoms with Crippen LogP contribution in [0.15, 0.2) is 12.3 Å². The summed E-state index contributed by atoms with van der Waals surface area (Å²) in [5, 5.41) is 0. The van der Waals surface area contributed by atoms with Crippen LogP contribution in [0.3, 0.4) is 0 Å². The molecular formula is C14H24N4O2. The summed E-state index contributed by atoms with van der Waals surface area (Å²) >= 11 is 0. The number of nitrogens with two attached hydrogens (primary N) is 1. The van der Waals surface area contributed by atoms with Crippen molar-refractivity contribution in [2.24, 2.45) is 0 Å². The van der Waals surface area contributed by atoms with Crippen molar-refractivity contribution in [2.45, 2.75) is 32.3 Å². The van der Waals surface area contributed by atoms with Crippen LogP contribution in [0.2, 0.25) is 0 Å². The lowest BCUT2D eigenvalue weighted by atomic mass is 9.91. The summed E-state index contributed by atoms with van der Waals surface area (Å²) in [6.45, 7) is 7.89. The Balaban J connectivity index is 0.000000704. The second-order valence-corrected chi connectivity index (χ2v) is 4.85. The Labute approximate surface area is 120 Å². The van der Waals surface area contributed by atoms with Gasteiger partial charge in [0, 0.05) is 19.3 Å². The smallest absolute Gasteiger partial charge is 0.227 e. The zero-order valence-corrected chi connectivity index (χ0v) is 12.3. The highest BCUT2D eigenvalue weighted by molar-refractivity contribution is 5.38. The summed E-state index contributed by atoms with van der Waals surface area (Å²) in [4.78, 5) is 10.7. The quantitative estimate of drug-likeness (QED) is 0.840. The third kappa shape index (κ3) is 3.37. The highest BCUT2D eigenvalue weighted by atomic mass is 16.6. The predicted molar refractivity (Wildman–Crippen MR) is 78.7 cm³/mol. The highest BCUT2D eigenvalue weighted by Gasteiger charge is 2.38. The number of aromatic nitrogens is 2. The van der Waals surface area contributed by atoms with Gasteiger partial charge in [-0.05, 0) is 18.9 Å². The number of ether oxygens (including phenoxy) is 2. The molecule has 0 unspecified atom stereocenters. The largest absolute Gasteiger partial charge is 0.384 e. The molecule has 0 atom stereocenters. The van der Waals surface area contributed by atoms with E-state index in [4.69, 9.17) is 15.2 Å². The third-order valence-electron chi connectivity index (χ3n) is 3.62. The fourth-order valence-corrected chi connectivity index (χ4v) is 2.53. The summed E-state index contributed by atoms with van der Waals surface area (Å²) in [5.41, 5.74) is 5.59. The summed E-state index contributed by atoms with van der Waals surface area (Å²) in [6.07, 6.45) is 3.60. The molecule has 2 fully saturated rings. The molecule has 2 N–H and O–H groups in total. The van der Waals surface area contributed by atoms with E-state index in [9.17, 15) is 0 Å². The van der Waals surface area contributed by atoms with Crippen molar-refractivity contribution in [3.05, 3.63) is 12.3 Å². The van der Waals surface area contributed by atoms with Crippen LogP contribution in [0.4, 0.5) is 11.8 Å². The van der Waals surface area contributed by atoms with Crippen molar-refractivity contribution < 1.29 is 9.47 Å². The number of rotatable bonds is 1. The SMILES string of the molecule is CC.Nc1ccnc(N2CCC3(CC2)COCCO3)n1. The predicted octanol–water partition coefficient (Wildman–Crippen LogP) is 1.47. The average Bonchev–Trinajstić information content (AvgIpc) is 2.51. The molecule has 2 aliphatic rings. The van der Waals surface area contributed by atoms with Crippen molar-refractivity contribution in [3.63, 3.8) is 0 Å². The van der Waals surface area contributed by atoms with Crippen LogP contribution in [0.25, 0.3) is 0 Å². The first-order valence-corrected chi connectivity index (χ1v) is 7.33. The Morgan fingerprint density at radius 1 is 1.25 bits per heavy atom. The first-order chi connectivity index (χ1) is 9.77. The first kappa shape index (κ1) is 15.0. The molecule has 0 saturated carbocycles. The molecular weight excluding hydrogens is 256 g/mol. The van der Waals surface area contributed by atoms with Gasteiger partial charge in [0.05, 0.1) is 25.4 Å². The number of hydrogen-bond acceptors (Lipinski definition) is 6. The molecule has 112 valence electrons. The van der Waals surface area contributed by atoms with Gasteiger partial charge in [0.15, 0.2) is 0 Å². The molecule has 1 aromatic heterocycles. The zero-order valence-electron chi connectivity index (χ0n) is 12.3. The van der Waals surface area contributed by atoms with Crippen LogP contribution in [-0.4, -0.2) is 48.5 Å². The van der Waals surface area contributed by atoms with E-state index in [1.807, 2.05) is 13.8 Å². The second-order valence-electron chi connectivity index (χ2n) is 4.85. The fraction of sp³-hybridized carbons (Fsp3) is 0.714. The molecule has 0 bridgehead atoms. The molecule has 1 aromatic rings. The maximum absolute atomic E-state index is 5.90. The van der Waals surface area contributed by atoms with Gasteiger partial charge in [-0.15, -0.1) is 0 Å². The molecule has 0 amide bonds. The molecule has 6 nitrogen and oxygen atoms in total. The van der Waals surface area contributed by atoms with Gasteiger partial charge in [-0.25, -0.2) is 4.98 Å². The first-order valence-electron chi connectivity index (χ1n) is 7.33. The van der Waals surface area contributed by atoms with E-state index in [0.717, 1.165) is 25.9 Å². The van der Waals surface area contributed by atoms with E-state index in [1.54, 1.807) is 12.3 Å². The maximum Gasteiger partial charge on any atom is 0.227 e. The Morgan fingerprint density at radius 2 is 2.00 bits per heavy atom. The molecule has 3 rings (SSSR count). The van der Waals surface area contributed by atoms with Crippen molar-refractivity contribution in [2.75, 3.05) is 43.5 Å². The van der Waals surface area contributed by atoms with Crippen molar-refractivity contribution in [1.29, 1.82) is 0 Å². The summed E-state index contributed by atoms with van der Waals surface area (Å²) in [7, 11) is 0. The summed E-state index contributed by atoms with van der Waals surface area (Å²) < 4.78 is 11.4. The lowest BCUT2D eigenvalue weighted by Gasteiger charge is -2.43. The maximum atomic E-state index is 5.90. The van der Waals surface area contributed by atoms with Gasteiger partial charge in [0.1, 0.15) is 5.82 Å². The average molecular weight is 280 g/mol. The van der Waals surface area contributed by atoms with E-state index in [1.165, 1.54) is 0 Å². The van der Waals surface area contributed by atoms with Gasteiger partial charge >= 0.3 is 0 Å². The standard InChI is InChI=1S/C12H18N4O2.C2H6/c13-10-1-4-14-11(15-10)16-5-2-12(3-6-16)9-17-7-8-18-12;1-2/h1,4H,2-3,5-9H2,(H2,13,14,15);1-2H3. The fourth-order valence-electron chi connectivity index (χ4n) is 2.53. The van der Waals surface area contributed by atoms with E-state index in [-0.39, 0.29) is 5.60 Å². The summed E-state index contributed by atoms with van der Waals surface area (Å²) in [6, 6.07) is 1.70. The molecule has 3 heterocycles. The van der Waals surface area contributed by atoms with Crippen LogP contribution in [0, 0.1) is 0 Å². The topological polar surface area (TPSA) is 73.5 Å². The van der Waals surface area contributed by atoms with Crippen LogP contribution >= 0.6 is 0 Å². The minimum atomic E-state index is -0.0882. The number of anilines is 2. The Hall–Kier alpha value is -1.40. The van der Waals surface area contributed by atoms with Gasteiger partial charge in [0.2, 0.25) is 5.95 Å². The summed E-state index contributed by atoms with van der Waals surface area (Å²) in [5.74, 6) is 1.22. The monoisotopic (exact) mass is 280 g/mol. The number of nitrogen functional groups attached to an aromatic ring is 1. The minimum Gasteiger partial charge on any atom is -0.384 e. The van der Waals surface area contributed by atoms with E-state index >= 15 is 0 Å². The van der Waals surface area contributed by atoms with Gasteiger partial charge in [-0.1, -0.05) is 13.8 Å². The molecule has 1 spiro atoms. The van der Waals surface area contributed by atoms with E-state index in [2.05, 4.69) is 14.9 Å². The Kier molecular flexibility index (Phi) is 5.14. The van der Waals surface area contributed by atoms with Crippen molar-refractivity contribution in [3.8, 4) is 0 Å². The van der Waals surface area contributed by atoms with E-state index < -0.39 is 0 Å². The van der Waals surface area contributed by atoms with Gasteiger partial charge in [0.25, 0.3) is 0 Å². The Morgan fingerprint density at radius 3 is 2.60 bits per heavy atom. The highest BCUT2D eigenvalue weighted by Crippen LogP contribution is 2.30. The molecule has 6 heteroatoms. The van der Waals surface area contributed by atoms with Gasteiger partial charge < -0.3 is 20.1 Å².